The molecule has 0 aliphatic heterocycles. The molecule has 1 aromatic heterocycles. The molecule has 0 bridgehead atoms. The van der Waals surface area contributed by atoms with Crippen molar-refractivity contribution < 1.29 is 23.2 Å². The standard InChI is InChI=1S/C24H20N4O6S/c1-16-5-2-3-8-21(16)22-14-23(34-19-11-9-17(15-29)10-12-19)26-24(25-22)27-35(32,33)20-7-4-6-18(13-20)28(30)31/h2-14,29H,15H2,1H3,(H,25,26,27). The maximum Gasteiger partial charge on any atom is 0.270 e. The summed E-state index contributed by atoms with van der Waals surface area (Å²) < 4.78 is 34.0. The van der Waals surface area contributed by atoms with Gasteiger partial charge in [-0.05, 0) is 36.2 Å². The second kappa shape index (κ2) is 9.87. The predicted molar refractivity (Wildman–Crippen MR) is 129 cm³/mol. The van der Waals surface area contributed by atoms with Gasteiger partial charge in [0, 0.05) is 23.8 Å². The first-order valence-corrected chi connectivity index (χ1v) is 11.8. The number of sulfonamides is 1. The van der Waals surface area contributed by atoms with Crippen LogP contribution in [0, 0.1) is 17.0 Å². The number of nitro benzene ring substituents is 1. The van der Waals surface area contributed by atoms with Gasteiger partial charge >= 0.3 is 0 Å². The lowest BCUT2D eigenvalue weighted by molar-refractivity contribution is -0.385. The lowest BCUT2D eigenvalue weighted by Gasteiger charge is -2.12. The molecule has 0 saturated carbocycles. The summed E-state index contributed by atoms with van der Waals surface area (Å²) in [6.07, 6.45) is 0. The van der Waals surface area contributed by atoms with Crippen molar-refractivity contribution in [2.24, 2.45) is 0 Å². The Hall–Kier alpha value is -4.35. The molecule has 0 spiro atoms. The average molecular weight is 493 g/mol. The molecule has 1 heterocycles. The maximum absolute atomic E-state index is 13.0. The topological polar surface area (TPSA) is 145 Å². The quantitative estimate of drug-likeness (QED) is 0.271. The van der Waals surface area contributed by atoms with Crippen molar-refractivity contribution in [3.63, 3.8) is 0 Å². The van der Waals surface area contributed by atoms with Crippen LogP contribution in [0.1, 0.15) is 11.1 Å². The van der Waals surface area contributed by atoms with Crippen molar-refractivity contribution in [1.29, 1.82) is 0 Å². The van der Waals surface area contributed by atoms with Gasteiger partial charge in [0.1, 0.15) is 5.75 Å². The summed E-state index contributed by atoms with van der Waals surface area (Å²) >= 11 is 0. The van der Waals surface area contributed by atoms with Crippen LogP contribution >= 0.6 is 0 Å². The minimum atomic E-state index is -4.24. The van der Waals surface area contributed by atoms with Gasteiger partial charge in [-0.2, -0.15) is 4.98 Å². The molecule has 10 nitrogen and oxygen atoms in total. The second-order valence-corrected chi connectivity index (χ2v) is 9.18. The number of nitrogens with one attached hydrogen (secondary N) is 1. The number of ether oxygens (including phenoxy) is 1. The van der Waals surface area contributed by atoms with Crippen molar-refractivity contribution in [2.45, 2.75) is 18.4 Å². The summed E-state index contributed by atoms with van der Waals surface area (Å²) in [6.45, 7) is 1.77. The summed E-state index contributed by atoms with van der Waals surface area (Å²) in [4.78, 5) is 18.6. The van der Waals surface area contributed by atoms with E-state index in [1.807, 2.05) is 31.2 Å². The molecule has 178 valence electrons. The molecule has 4 rings (SSSR count). The molecule has 0 aliphatic rings. The van der Waals surface area contributed by atoms with Gasteiger partial charge < -0.3 is 9.84 Å². The zero-order valence-corrected chi connectivity index (χ0v) is 19.3. The molecule has 0 fully saturated rings. The van der Waals surface area contributed by atoms with Crippen molar-refractivity contribution in [1.82, 2.24) is 9.97 Å². The van der Waals surface area contributed by atoms with Crippen LogP contribution in [0.2, 0.25) is 0 Å². The normalized spacial score (nSPS) is 11.1. The SMILES string of the molecule is Cc1ccccc1-c1cc(Oc2ccc(CO)cc2)nc(NS(=O)(=O)c2cccc([N+](=O)[O-])c2)n1. The van der Waals surface area contributed by atoms with Gasteiger partial charge in [0.25, 0.3) is 15.7 Å². The summed E-state index contributed by atoms with van der Waals surface area (Å²) in [5, 5.41) is 20.3. The van der Waals surface area contributed by atoms with Gasteiger partial charge in [-0.1, -0.05) is 42.5 Å². The number of benzene rings is 3. The van der Waals surface area contributed by atoms with Crippen LogP contribution in [-0.4, -0.2) is 28.4 Å². The molecule has 0 atom stereocenters. The Labute approximate surface area is 201 Å². The number of aryl methyl sites for hydroxylation is 1. The Morgan fingerprint density at radius 2 is 1.74 bits per heavy atom. The highest BCUT2D eigenvalue weighted by molar-refractivity contribution is 7.92. The fourth-order valence-corrected chi connectivity index (χ4v) is 4.23. The molecule has 35 heavy (non-hydrogen) atoms. The number of aromatic nitrogens is 2. The number of rotatable bonds is 8. The van der Waals surface area contributed by atoms with Crippen molar-refractivity contribution in [3.8, 4) is 22.9 Å². The van der Waals surface area contributed by atoms with E-state index in [4.69, 9.17) is 4.74 Å². The zero-order valence-electron chi connectivity index (χ0n) is 18.5. The Balaban J connectivity index is 1.74. The Bertz CT molecular complexity index is 1490. The molecule has 0 aliphatic carbocycles. The minimum Gasteiger partial charge on any atom is -0.439 e. The van der Waals surface area contributed by atoms with E-state index in [9.17, 15) is 23.6 Å². The van der Waals surface area contributed by atoms with Gasteiger partial charge in [-0.3, -0.25) is 10.1 Å². The van der Waals surface area contributed by atoms with Gasteiger partial charge in [0.05, 0.1) is 22.1 Å². The van der Waals surface area contributed by atoms with Crippen molar-refractivity contribution in [3.05, 3.63) is 100 Å². The van der Waals surface area contributed by atoms with E-state index in [0.717, 1.165) is 17.2 Å². The van der Waals surface area contributed by atoms with Crippen LogP contribution in [-0.2, 0) is 16.6 Å². The third-order valence-electron chi connectivity index (χ3n) is 5.02. The van der Waals surface area contributed by atoms with Crippen molar-refractivity contribution in [2.75, 3.05) is 4.72 Å². The fraction of sp³-hybridized carbons (Fsp3) is 0.0833. The Morgan fingerprint density at radius 3 is 2.43 bits per heavy atom. The van der Waals surface area contributed by atoms with Gasteiger partial charge in [-0.25, -0.2) is 18.1 Å². The molecular formula is C24H20N4O6S. The lowest BCUT2D eigenvalue weighted by Crippen LogP contribution is -2.15. The highest BCUT2D eigenvalue weighted by Gasteiger charge is 2.20. The molecule has 3 aromatic carbocycles. The maximum atomic E-state index is 13.0. The predicted octanol–water partition coefficient (Wildman–Crippen LogP) is 4.45. The van der Waals surface area contributed by atoms with Crippen LogP contribution in [0.5, 0.6) is 11.6 Å². The number of hydrogen-bond acceptors (Lipinski definition) is 8. The molecule has 0 radical (unpaired) electrons. The van der Waals surface area contributed by atoms with Crippen LogP contribution in [0.15, 0.2) is 83.8 Å². The highest BCUT2D eigenvalue weighted by Crippen LogP contribution is 2.29. The minimum absolute atomic E-state index is 0.0757. The third-order valence-corrected chi connectivity index (χ3v) is 6.34. The van der Waals surface area contributed by atoms with E-state index < -0.39 is 14.9 Å². The number of aliphatic hydroxyl groups excluding tert-OH is 1. The smallest absolute Gasteiger partial charge is 0.270 e. The first-order chi connectivity index (χ1) is 16.7. The number of anilines is 1. The van der Waals surface area contributed by atoms with E-state index in [1.54, 1.807) is 30.3 Å². The Kier molecular flexibility index (Phi) is 6.71. The van der Waals surface area contributed by atoms with Gasteiger partial charge in [0.2, 0.25) is 11.8 Å². The number of aliphatic hydroxyl groups is 1. The van der Waals surface area contributed by atoms with Crippen LogP contribution in [0.3, 0.4) is 0 Å². The number of hydrogen-bond donors (Lipinski definition) is 2. The van der Waals surface area contributed by atoms with Crippen LogP contribution < -0.4 is 9.46 Å². The average Bonchev–Trinajstić information content (AvgIpc) is 2.84. The first-order valence-electron chi connectivity index (χ1n) is 10.4. The Morgan fingerprint density at radius 1 is 1.00 bits per heavy atom. The van der Waals surface area contributed by atoms with E-state index >= 15 is 0 Å². The number of nitro groups is 1. The molecule has 4 aromatic rings. The monoisotopic (exact) mass is 492 g/mol. The molecule has 11 heteroatoms. The summed E-state index contributed by atoms with van der Waals surface area (Å²) in [7, 11) is -4.24. The number of nitrogens with zero attached hydrogens (tertiary/aromatic N) is 3. The van der Waals surface area contributed by atoms with Gasteiger partial charge in [0.15, 0.2) is 0 Å². The van der Waals surface area contributed by atoms with E-state index in [1.165, 1.54) is 18.2 Å². The molecule has 0 amide bonds. The van der Waals surface area contributed by atoms with Crippen LogP contribution in [0.4, 0.5) is 11.6 Å². The fourth-order valence-electron chi connectivity index (χ4n) is 3.25. The van der Waals surface area contributed by atoms with Crippen LogP contribution in [0.25, 0.3) is 11.3 Å². The summed E-state index contributed by atoms with van der Waals surface area (Å²) in [6, 6.07) is 20.3. The summed E-state index contributed by atoms with van der Waals surface area (Å²) in [5.41, 5.74) is 2.39. The number of non-ortho nitro benzene ring substituents is 1. The molecule has 2 N–H and O–H groups in total. The van der Waals surface area contributed by atoms with E-state index in [2.05, 4.69) is 14.7 Å². The summed E-state index contributed by atoms with van der Waals surface area (Å²) in [5.74, 6) is 0.232. The first kappa shape index (κ1) is 23.8. The highest BCUT2D eigenvalue weighted by atomic mass is 32.2. The zero-order chi connectivity index (χ0) is 25.0. The largest absolute Gasteiger partial charge is 0.439 e. The third kappa shape index (κ3) is 5.60. The van der Waals surface area contributed by atoms with E-state index in [0.29, 0.717) is 17.0 Å². The molecule has 0 saturated heterocycles. The second-order valence-electron chi connectivity index (χ2n) is 7.49. The lowest BCUT2D eigenvalue weighted by atomic mass is 10.1. The molecule has 0 unspecified atom stereocenters. The van der Waals surface area contributed by atoms with Gasteiger partial charge in [-0.15, -0.1) is 0 Å². The van der Waals surface area contributed by atoms with E-state index in [-0.39, 0.29) is 29.0 Å². The molecular weight excluding hydrogens is 472 g/mol. The van der Waals surface area contributed by atoms with Crippen molar-refractivity contribution >= 4 is 21.7 Å².